The minimum absolute atomic E-state index is 0.00841. The van der Waals surface area contributed by atoms with Gasteiger partial charge < -0.3 is 16.0 Å². The van der Waals surface area contributed by atoms with Gasteiger partial charge in [-0.05, 0) is 55.3 Å². The summed E-state index contributed by atoms with van der Waals surface area (Å²) in [5.41, 5.74) is 1.62. The lowest BCUT2D eigenvalue weighted by Gasteiger charge is -2.26. The summed E-state index contributed by atoms with van der Waals surface area (Å²) in [5.74, 6) is -0.540. The van der Waals surface area contributed by atoms with Crippen LogP contribution < -0.4 is 16.0 Å². The van der Waals surface area contributed by atoms with Crippen molar-refractivity contribution in [2.24, 2.45) is 0 Å². The zero-order valence-electron chi connectivity index (χ0n) is 18.5. The van der Waals surface area contributed by atoms with Crippen LogP contribution >= 0.6 is 0 Å². The van der Waals surface area contributed by atoms with Gasteiger partial charge in [-0.3, -0.25) is 4.79 Å². The summed E-state index contributed by atoms with van der Waals surface area (Å²) in [4.78, 5) is 25.3. The number of urea groups is 1. The van der Waals surface area contributed by atoms with Crippen molar-refractivity contribution in [1.29, 1.82) is 0 Å². The lowest BCUT2D eigenvalue weighted by Crippen LogP contribution is -2.36. The van der Waals surface area contributed by atoms with Crippen LogP contribution in [0, 0.1) is 0 Å². The largest absolute Gasteiger partial charge is 0.323 e. The van der Waals surface area contributed by atoms with Crippen molar-refractivity contribution in [2.45, 2.75) is 24.2 Å². The molecule has 8 nitrogen and oxygen atoms in total. The monoisotopic (exact) mass is 478 g/mol. The molecule has 0 atom stereocenters. The second kappa shape index (κ2) is 10.5. The van der Waals surface area contributed by atoms with E-state index in [9.17, 15) is 18.0 Å². The molecule has 0 radical (unpaired) electrons. The molecule has 1 fully saturated rings. The normalized spacial score (nSPS) is 14.2. The van der Waals surface area contributed by atoms with Crippen LogP contribution in [-0.4, -0.2) is 37.8 Å². The molecule has 0 saturated carbocycles. The topological polar surface area (TPSA) is 108 Å². The van der Waals surface area contributed by atoms with Crippen LogP contribution in [0.15, 0.2) is 83.8 Å². The van der Waals surface area contributed by atoms with Gasteiger partial charge in [0.15, 0.2) is 0 Å². The van der Waals surface area contributed by atoms with Gasteiger partial charge in [0.05, 0.1) is 10.5 Å². The molecule has 3 N–H and O–H groups in total. The van der Waals surface area contributed by atoms with Crippen LogP contribution in [0.3, 0.4) is 0 Å². The number of anilines is 3. The summed E-state index contributed by atoms with van der Waals surface area (Å²) < 4.78 is 27.8. The molecule has 1 aliphatic heterocycles. The highest BCUT2D eigenvalue weighted by Gasteiger charge is 2.29. The fourth-order valence-corrected chi connectivity index (χ4v) is 5.52. The molecule has 1 saturated heterocycles. The summed E-state index contributed by atoms with van der Waals surface area (Å²) in [6.07, 6.45) is 2.62. The number of carbonyl (C=O) groups is 2. The Morgan fingerprint density at radius 1 is 0.676 bits per heavy atom. The van der Waals surface area contributed by atoms with Crippen LogP contribution in [0.2, 0.25) is 0 Å². The van der Waals surface area contributed by atoms with E-state index in [1.807, 2.05) is 18.2 Å². The SMILES string of the molecule is O=C(Nc1ccccc1)Nc1cccc(NC(=O)c2ccccc2S(=O)(=O)N2CCCCC2)c1. The predicted molar refractivity (Wildman–Crippen MR) is 133 cm³/mol. The van der Waals surface area contributed by atoms with E-state index in [0.717, 1.165) is 19.3 Å². The molecule has 3 aromatic rings. The molecule has 4 rings (SSSR count). The van der Waals surface area contributed by atoms with E-state index in [1.165, 1.54) is 16.4 Å². The van der Waals surface area contributed by atoms with Crippen molar-refractivity contribution in [3.05, 3.63) is 84.4 Å². The third-order valence-electron chi connectivity index (χ3n) is 5.47. The highest BCUT2D eigenvalue weighted by atomic mass is 32.2. The molecule has 9 heteroatoms. The number of para-hydroxylation sites is 1. The van der Waals surface area contributed by atoms with Crippen LogP contribution in [0.1, 0.15) is 29.6 Å². The van der Waals surface area contributed by atoms with Crippen LogP contribution in [0.4, 0.5) is 21.9 Å². The molecule has 0 aromatic heterocycles. The van der Waals surface area contributed by atoms with Crippen molar-refractivity contribution in [2.75, 3.05) is 29.0 Å². The number of piperidine rings is 1. The molecular weight excluding hydrogens is 452 g/mol. The number of sulfonamides is 1. The van der Waals surface area contributed by atoms with Crippen LogP contribution in [0.5, 0.6) is 0 Å². The molecule has 176 valence electrons. The van der Waals surface area contributed by atoms with Crippen LogP contribution in [0.25, 0.3) is 0 Å². The van der Waals surface area contributed by atoms with E-state index in [2.05, 4.69) is 16.0 Å². The van der Waals surface area contributed by atoms with Gasteiger partial charge >= 0.3 is 6.03 Å². The van der Waals surface area contributed by atoms with Gasteiger partial charge in [-0.1, -0.05) is 42.8 Å². The van der Waals surface area contributed by atoms with Crippen molar-refractivity contribution in [3.8, 4) is 0 Å². The number of rotatable bonds is 6. The Hall–Kier alpha value is -3.69. The number of nitrogens with zero attached hydrogens (tertiary/aromatic N) is 1. The fraction of sp³-hybridized carbons (Fsp3) is 0.200. The first-order valence-corrected chi connectivity index (χ1v) is 12.5. The fourth-order valence-electron chi connectivity index (χ4n) is 3.81. The lowest BCUT2D eigenvalue weighted by atomic mass is 10.2. The molecule has 3 amide bonds. The first-order valence-electron chi connectivity index (χ1n) is 11.1. The average molecular weight is 479 g/mol. The molecule has 1 heterocycles. The molecule has 0 unspecified atom stereocenters. The smallest absolute Gasteiger partial charge is 0.322 e. The average Bonchev–Trinajstić information content (AvgIpc) is 2.85. The molecule has 0 aliphatic carbocycles. The summed E-state index contributed by atoms with van der Waals surface area (Å²) in [5, 5.41) is 8.18. The van der Waals surface area contributed by atoms with Gasteiger partial charge in [0.2, 0.25) is 10.0 Å². The minimum Gasteiger partial charge on any atom is -0.322 e. The summed E-state index contributed by atoms with van der Waals surface area (Å²) in [6.45, 7) is 0.911. The number of nitrogens with one attached hydrogen (secondary N) is 3. The second-order valence-electron chi connectivity index (χ2n) is 7.94. The Balaban J connectivity index is 1.48. The van der Waals surface area contributed by atoms with E-state index < -0.39 is 22.0 Å². The summed E-state index contributed by atoms with van der Waals surface area (Å²) in [7, 11) is -3.78. The van der Waals surface area contributed by atoms with Gasteiger partial charge in [-0.2, -0.15) is 4.31 Å². The minimum atomic E-state index is -3.78. The third-order valence-corrected chi connectivity index (χ3v) is 7.43. The zero-order valence-corrected chi connectivity index (χ0v) is 19.3. The molecule has 34 heavy (non-hydrogen) atoms. The van der Waals surface area contributed by atoms with E-state index in [0.29, 0.717) is 30.2 Å². The number of hydrogen-bond donors (Lipinski definition) is 3. The highest BCUT2D eigenvalue weighted by Crippen LogP contribution is 2.25. The molecular formula is C25H26N4O4S. The van der Waals surface area contributed by atoms with E-state index in [1.54, 1.807) is 48.5 Å². The standard InChI is InChI=1S/C25H26N4O4S/c30-24(22-14-5-6-15-23(22)34(32,33)29-16-7-2-8-17-29)26-20-12-9-13-21(18-20)28-25(31)27-19-10-3-1-4-11-19/h1,3-6,9-15,18H,2,7-8,16-17H2,(H,26,30)(H2,27,28,31). The van der Waals surface area contributed by atoms with Crippen molar-refractivity contribution < 1.29 is 18.0 Å². The van der Waals surface area contributed by atoms with Gasteiger partial charge in [0, 0.05) is 30.2 Å². The van der Waals surface area contributed by atoms with Crippen molar-refractivity contribution in [1.82, 2.24) is 4.31 Å². The maximum atomic E-state index is 13.2. The predicted octanol–water partition coefficient (Wildman–Crippen LogP) is 4.76. The van der Waals surface area contributed by atoms with Crippen molar-refractivity contribution >= 4 is 39.0 Å². The third kappa shape index (κ3) is 5.62. The van der Waals surface area contributed by atoms with Gasteiger partial charge in [0.1, 0.15) is 0 Å². The first-order chi connectivity index (χ1) is 16.4. The molecule has 0 bridgehead atoms. The highest BCUT2D eigenvalue weighted by molar-refractivity contribution is 7.89. The maximum absolute atomic E-state index is 13.2. The summed E-state index contributed by atoms with van der Waals surface area (Å²) in [6, 6.07) is 21.5. The Bertz CT molecular complexity index is 1270. The quantitative estimate of drug-likeness (QED) is 0.475. The van der Waals surface area contributed by atoms with Crippen LogP contribution in [-0.2, 0) is 10.0 Å². The van der Waals surface area contributed by atoms with Gasteiger partial charge in [-0.25, -0.2) is 13.2 Å². The van der Waals surface area contributed by atoms with E-state index >= 15 is 0 Å². The Kier molecular flexibility index (Phi) is 7.24. The molecule has 3 aromatic carbocycles. The maximum Gasteiger partial charge on any atom is 0.323 e. The molecule has 1 aliphatic rings. The Morgan fingerprint density at radius 3 is 2.00 bits per heavy atom. The number of carbonyl (C=O) groups excluding carboxylic acids is 2. The molecule has 0 spiro atoms. The van der Waals surface area contributed by atoms with Gasteiger partial charge in [0.25, 0.3) is 5.91 Å². The van der Waals surface area contributed by atoms with E-state index in [-0.39, 0.29) is 10.5 Å². The number of benzene rings is 3. The summed E-state index contributed by atoms with van der Waals surface area (Å²) >= 11 is 0. The number of amides is 3. The van der Waals surface area contributed by atoms with Gasteiger partial charge in [-0.15, -0.1) is 0 Å². The second-order valence-corrected chi connectivity index (χ2v) is 9.85. The Morgan fingerprint density at radius 2 is 1.26 bits per heavy atom. The van der Waals surface area contributed by atoms with E-state index in [4.69, 9.17) is 0 Å². The lowest BCUT2D eigenvalue weighted by molar-refractivity contribution is 0.102. The first kappa shape index (κ1) is 23.5. The van der Waals surface area contributed by atoms with Crippen molar-refractivity contribution in [3.63, 3.8) is 0 Å². The zero-order chi connectivity index (χ0) is 24.0. The number of hydrogen-bond acceptors (Lipinski definition) is 4. The Labute approximate surface area is 199 Å².